The lowest BCUT2D eigenvalue weighted by Gasteiger charge is -2.27. The monoisotopic (exact) mass is 976 g/mol. The first-order chi connectivity index (χ1) is 34.0. The minimum atomic E-state index is -1.28. The zero-order valence-electron chi connectivity index (χ0n) is 46.8. The highest BCUT2D eigenvalue weighted by Crippen LogP contribution is 2.19. The van der Waals surface area contributed by atoms with Crippen LogP contribution < -0.4 is 5.32 Å². The molecule has 1 amide bonds. The molecule has 412 valence electrons. The van der Waals surface area contributed by atoms with Crippen molar-refractivity contribution in [2.75, 3.05) is 6.61 Å². The van der Waals surface area contributed by atoms with Crippen LogP contribution in [0.2, 0.25) is 0 Å². The minimum absolute atomic E-state index is 0.369. The highest BCUT2D eigenvalue weighted by molar-refractivity contribution is 5.80. The Balaban J connectivity index is 3.53. The molecule has 6 heteroatoms. The zero-order chi connectivity index (χ0) is 50.2. The normalized spacial score (nSPS) is 13.7. The van der Waals surface area contributed by atoms with Crippen molar-refractivity contribution in [1.29, 1.82) is 0 Å². The number of aliphatic hydroxyl groups is 4. The van der Waals surface area contributed by atoms with Crippen LogP contribution in [0.15, 0.2) is 12.2 Å². The van der Waals surface area contributed by atoms with Gasteiger partial charge in [0.1, 0.15) is 12.2 Å². The van der Waals surface area contributed by atoms with E-state index in [2.05, 4.69) is 31.3 Å². The molecule has 6 nitrogen and oxygen atoms in total. The molecule has 0 saturated carbocycles. The number of rotatable bonds is 59. The molecule has 0 aromatic carbocycles. The van der Waals surface area contributed by atoms with Crippen molar-refractivity contribution in [2.24, 2.45) is 0 Å². The summed E-state index contributed by atoms with van der Waals surface area (Å²) in [5.74, 6) is -0.585. The predicted octanol–water partition coefficient (Wildman–Crippen LogP) is 18.8. The standard InChI is InChI=1S/C63H125NO5/c1-3-5-7-9-11-13-15-17-19-21-23-24-25-26-27-28-29-30-31-32-33-34-35-36-37-39-41-43-45-47-49-51-53-55-57-61(67)63(69)64-59(58-65)62(68)60(66)56-54-52-50-48-46-44-42-40-38-22-20-18-16-14-12-10-8-6-4-2/h48,50,59-62,65-68H,3-47,49,51-58H2,1-2H3,(H,64,69)/b50-48+. The number of hydrogen-bond donors (Lipinski definition) is 5. The van der Waals surface area contributed by atoms with Gasteiger partial charge in [0.2, 0.25) is 5.91 Å². The van der Waals surface area contributed by atoms with Crippen molar-refractivity contribution >= 4 is 5.91 Å². The minimum Gasteiger partial charge on any atom is -0.394 e. The Hall–Kier alpha value is -0.950. The topological polar surface area (TPSA) is 110 Å². The molecule has 4 atom stereocenters. The van der Waals surface area contributed by atoms with E-state index in [1.165, 1.54) is 289 Å². The summed E-state index contributed by atoms with van der Waals surface area (Å²) in [6.45, 7) is 4.09. The van der Waals surface area contributed by atoms with Gasteiger partial charge in [-0.25, -0.2) is 0 Å². The van der Waals surface area contributed by atoms with Gasteiger partial charge in [0.15, 0.2) is 0 Å². The molecule has 69 heavy (non-hydrogen) atoms. The van der Waals surface area contributed by atoms with Gasteiger partial charge in [-0.2, -0.15) is 0 Å². The Kier molecular flexibility index (Phi) is 57.1. The van der Waals surface area contributed by atoms with Crippen LogP contribution in [0.5, 0.6) is 0 Å². The lowest BCUT2D eigenvalue weighted by molar-refractivity contribution is -0.132. The van der Waals surface area contributed by atoms with Crippen LogP contribution in [0.1, 0.15) is 354 Å². The summed E-state index contributed by atoms with van der Waals surface area (Å²) in [6.07, 6.45) is 70.4. The van der Waals surface area contributed by atoms with Crippen LogP contribution in [0.25, 0.3) is 0 Å². The Morgan fingerprint density at radius 3 is 0.870 bits per heavy atom. The third kappa shape index (κ3) is 51.7. The van der Waals surface area contributed by atoms with Crippen molar-refractivity contribution in [3.63, 3.8) is 0 Å². The first kappa shape index (κ1) is 68.0. The lowest BCUT2D eigenvalue weighted by atomic mass is 10.00. The molecule has 0 heterocycles. The first-order valence-electron chi connectivity index (χ1n) is 31.6. The average Bonchev–Trinajstić information content (AvgIpc) is 3.35. The maximum absolute atomic E-state index is 12.6. The molecule has 5 N–H and O–H groups in total. The van der Waals surface area contributed by atoms with E-state index in [0.717, 1.165) is 38.5 Å². The van der Waals surface area contributed by atoms with Crippen molar-refractivity contribution in [1.82, 2.24) is 5.32 Å². The Morgan fingerprint density at radius 2 is 0.594 bits per heavy atom. The second-order valence-corrected chi connectivity index (χ2v) is 22.1. The molecule has 0 saturated heterocycles. The van der Waals surface area contributed by atoms with E-state index in [4.69, 9.17) is 0 Å². The number of nitrogens with one attached hydrogen (secondary N) is 1. The molecule has 4 unspecified atom stereocenters. The second-order valence-electron chi connectivity index (χ2n) is 22.1. The quantitative estimate of drug-likeness (QED) is 0.0308. The van der Waals surface area contributed by atoms with Crippen LogP contribution in [0.3, 0.4) is 0 Å². The molecule has 0 bridgehead atoms. The number of aliphatic hydroxyl groups excluding tert-OH is 4. The predicted molar refractivity (Wildman–Crippen MR) is 302 cm³/mol. The zero-order valence-corrected chi connectivity index (χ0v) is 46.8. The Bertz CT molecular complexity index is 1010. The van der Waals surface area contributed by atoms with Crippen molar-refractivity contribution in [3.8, 4) is 0 Å². The van der Waals surface area contributed by atoms with E-state index in [1.54, 1.807) is 0 Å². The number of carbonyl (C=O) groups excluding carboxylic acids is 1. The molecule has 0 fully saturated rings. The third-order valence-electron chi connectivity index (χ3n) is 15.2. The van der Waals surface area contributed by atoms with Gasteiger partial charge in [-0.1, -0.05) is 328 Å². The number of allylic oxidation sites excluding steroid dienone is 2. The molecule has 0 aliphatic rings. The van der Waals surface area contributed by atoms with Gasteiger partial charge in [-0.3, -0.25) is 4.79 Å². The number of unbranched alkanes of at least 4 members (excludes halogenated alkanes) is 48. The van der Waals surface area contributed by atoms with Gasteiger partial charge in [0.05, 0.1) is 18.8 Å². The van der Waals surface area contributed by atoms with Gasteiger partial charge in [-0.05, 0) is 38.5 Å². The SMILES string of the molecule is CCCCCCCCCCCCCCCC/C=C/CCCC(O)C(O)C(CO)NC(=O)C(O)CCCCCCCCCCCCCCCCCCCCCCCCCCCCCCCCCCCC. The molecule has 0 spiro atoms. The van der Waals surface area contributed by atoms with Gasteiger partial charge in [0.25, 0.3) is 0 Å². The van der Waals surface area contributed by atoms with Crippen LogP contribution in [0.4, 0.5) is 0 Å². The average molecular weight is 977 g/mol. The highest BCUT2D eigenvalue weighted by atomic mass is 16.3. The van der Waals surface area contributed by atoms with Crippen LogP contribution >= 0.6 is 0 Å². The summed E-state index contributed by atoms with van der Waals surface area (Å²) < 4.78 is 0. The summed E-state index contributed by atoms with van der Waals surface area (Å²) in [4.78, 5) is 12.6. The third-order valence-corrected chi connectivity index (χ3v) is 15.2. The molecule has 0 radical (unpaired) electrons. The van der Waals surface area contributed by atoms with E-state index < -0.39 is 36.9 Å². The summed E-state index contributed by atoms with van der Waals surface area (Å²) in [6, 6.07) is -0.999. The largest absolute Gasteiger partial charge is 0.394 e. The maximum Gasteiger partial charge on any atom is 0.249 e. The fourth-order valence-electron chi connectivity index (χ4n) is 10.3. The van der Waals surface area contributed by atoms with Gasteiger partial charge in [-0.15, -0.1) is 0 Å². The summed E-state index contributed by atoms with van der Waals surface area (Å²) >= 11 is 0. The Morgan fingerprint density at radius 1 is 0.348 bits per heavy atom. The van der Waals surface area contributed by atoms with E-state index in [-0.39, 0.29) is 0 Å². The van der Waals surface area contributed by atoms with Crippen molar-refractivity contribution in [3.05, 3.63) is 12.2 Å². The summed E-state index contributed by atoms with van der Waals surface area (Å²) in [7, 11) is 0. The van der Waals surface area contributed by atoms with Gasteiger partial charge >= 0.3 is 0 Å². The highest BCUT2D eigenvalue weighted by Gasteiger charge is 2.28. The molecule has 0 aliphatic heterocycles. The lowest BCUT2D eigenvalue weighted by Crippen LogP contribution is -2.53. The van der Waals surface area contributed by atoms with Crippen LogP contribution in [0, 0.1) is 0 Å². The summed E-state index contributed by atoms with van der Waals surface area (Å²) in [5.41, 5.74) is 0. The van der Waals surface area contributed by atoms with E-state index in [1.807, 2.05) is 0 Å². The van der Waals surface area contributed by atoms with E-state index >= 15 is 0 Å². The van der Waals surface area contributed by atoms with E-state index in [9.17, 15) is 25.2 Å². The molecule has 0 aliphatic carbocycles. The van der Waals surface area contributed by atoms with Gasteiger partial charge in [0, 0.05) is 0 Å². The Labute approximate surface area is 432 Å². The van der Waals surface area contributed by atoms with Crippen molar-refractivity contribution in [2.45, 2.75) is 379 Å². The number of hydrogen-bond acceptors (Lipinski definition) is 5. The van der Waals surface area contributed by atoms with Gasteiger partial charge < -0.3 is 25.7 Å². The van der Waals surface area contributed by atoms with Crippen LogP contribution in [-0.2, 0) is 4.79 Å². The second kappa shape index (κ2) is 57.9. The molecular formula is C63H125NO5. The van der Waals surface area contributed by atoms with E-state index in [0.29, 0.717) is 12.8 Å². The fourth-order valence-corrected chi connectivity index (χ4v) is 10.3. The molecule has 0 aromatic rings. The number of carbonyl (C=O) groups is 1. The maximum atomic E-state index is 12.6. The van der Waals surface area contributed by atoms with Crippen LogP contribution in [-0.4, -0.2) is 57.3 Å². The first-order valence-corrected chi connectivity index (χ1v) is 31.6. The summed E-state index contributed by atoms with van der Waals surface area (Å²) in [5, 5.41) is 44.0. The molecular weight excluding hydrogens is 851 g/mol. The molecule has 0 rings (SSSR count). The molecule has 0 aromatic heterocycles. The number of amides is 1. The van der Waals surface area contributed by atoms with Crippen molar-refractivity contribution < 1.29 is 25.2 Å². The smallest absolute Gasteiger partial charge is 0.249 e. The fraction of sp³-hybridized carbons (Fsp3) is 0.952.